The third-order valence-electron chi connectivity index (χ3n) is 12.5. The van der Waals surface area contributed by atoms with E-state index in [1.807, 2.05) is 0 Å². The van der Waals surface area contributed by atoms with E-state index < -0.39 is 0 Å². The Balaban J connectivity index is 0.00000124. The maximum Gasteiger partial charge on any atom is 0.0609 e. The van der Waals surface area contributed by atoms with Gasteiger partial charge < -0.3 is 9.84 Å². The second-order valence-electron chi connectivity index (χ2n) is 13.9. The highest BCUT2D eigenvalue weighted by Crippen LogP contribution is 2.59. The average Bonchev–Trinajstić information content (AvgIpc) is 2.91. The monoisotopic (exact) mass is 486 g/mol. The minimum atomic E-state index is 0.622. The van der Waals surface area contributed by atoms with Crippen LogP contribution in [0.15, 0.2) is 0 Å². The Labute approximate surface area is 217 Å². The average molecular weight is 487 g/mol. The summed E-state index contributed by atoms with van der Waals surface area (Å²) < 4.78 is 7.10. The van der Waals surface area contributed by atoms with E-state index in [0.717, 1.165) is 72.9 Å². The Kier molecular flexibility index (Phi) is 9.58. The Morgan fingerprint density at radius 3 is 1.83 bits per heavy atom. The predicted octanol–water partition coefficient (Wildman–Crippen LogP) is 8.66. The molecule has 5 saturated carbocycles. The first-order chi connectivity index (χ1) is 17.3. The lowest BCUT2D eigenvalue weighted by Gasteiger charge is -2.58. The van der Waals surface area contributed by atoms with Crippen LogP contribution in [-0.4, -0.2) is 24.9 Å². The van der Waals surface area contributed by atoms with Crippen molar-refractivity contribution in [1.29, 1.82) is 0 Å². The van der Waals surface area contributed by atoms with E-state index in [0.29, 0.717) is 6.10 Å². The van der Waals surface area contributed by atoms with Gasteiger partial charge in [-0.3, -0.25) is 0 Å². The molecule has 1 N–H and O–H groups in total. The molecular formula is C33H58O2. The Hall–Kier alpha value is -0.0800. The van der Waals surface area contributed by atoms with Crippen molar-refractivity contribution in [1.82, 2.24) is 0 Å². The highest BCUT2D eigenvalue weighted by molar-refractivity contribution is 5.02. The molecule has 0 radical (unpaired) electrons. The molecule has 2 heteroatoms. The molecule has 35 heavy (non-hydrogen) atoms. The number of fused-ring (bicyclic) bond motifs is 7. The Morgan fingerprint density at radius 2 is 1.14 bits per heavy atom. The molecule has 9 atom stereocenters. The van der Waals surface area contributed by atoms with Crippen molar-refractivity contribution in [2.24, 2.45) is 59.2 Å². The van der Waals surface area contributed by atoms with E-state index in [9.17, 15) is 0 Å². The van der Waals surface area contributed by atoms with Crippen LogP contribution in [0.3, 0.4) is 0 Å². The highest BCUT2D eigenvalue weighted by Gasteiger charge is 2.53. The highest BCUT2D eigenvalue weighted by atomic mass is 16.5. The zero-order valence-corrected chi connectivity index (χ0v) is 23.3. The first-order valence-electron chi connectivity index (χ1n) is 16.4. The van der Waals surface area contributed by atoms with Gasteiger partial charge in [-0.25, -0.2) is 0 Å². The van der Waals surface area contributed by atoms with Gasteiger partial charge in [-0.1, -0.05) is 71.1 Å². The Morgan fingerprint density at radius 1 is 0.571 bits per heavy atom. The molecule has 0 aromatic rings. The maximum absolute atomic E-state index is 7.10. The molecule has 5 aliphatic carbocycles. The molecule has 0 bridgehead atoms. The van der Waals surface area contributed by atoms with Crippen molar-refractivity contribution in [3.05, 3.63) is 0 Å². The van der Waals surface area contributed by atoms with Gasteiger partial charge in [-0.2, -0.15) is 0 Å². The number of aliphatic hydroxyl groups is 1. The van der Waals surface area contributed by atoms with Crippen LogP contribution >= 0.6 is 0 Å². The lowest BCUT2D eigenvalue weighted by Crippen LogP contribution is -2.53. The predicted molar refractivity (Wildman–Crippen MR) is 146 cm³/mol. The Bertz CT molecular complexity index is 625. The van der Waals surface area contributed by atoms with E-state index >= 15 is 0 Å². The summed E-state index contributed by atoms with van der Waals surface area (Å²) in [4.78, 5) is 0. The summed E-state index contributed by atoms with van der Waals surface area (Å²) in [6.45, 7) is 3.51. The molecule has 6 aliphatic rings. The molecule has 202 valence electrons. The number of ether oxygens (including phenoxy) is 1. The van der Waals surface area contributed by atoms with Crippen LogP contribution in [0.1, 0.15) is 129 Å². The molecular weight excluding hydrogens is 428 g/mol. The van der Waals surface area contributed by atoms with Crippen molar-refractivity contribution in [3.8, 4) is 0 Å². The van der Waals surface area contributed by atoms with E-state index in [4.69, 9.17) is 9.84 Å². The zero-order valence-electron chi connectivity index (χ0n) is 23.3. The molecule has 9 unspecified atom stereocenters. The molecule has 0 spiro atoms. The van der Waals surface area contributed by atoms with Crippen LogP contribution in [-0.2, 0) is 4.74 Å². The SMILES string of the molecule is CCCC1CCC(C2COC3CCC4CCCCC4C3C3C(CCC4CCCCC43)C2)CC1.CO. The van der Waals surface area contributed by atoms with E-state index in [2.05, 4.69) is 6.92 Å². The van der Waals surface area contributed by atoms with Gasteiger partial charge >= 0.3 is 0 Å². The summed E-state index contributed by atoms with van der Waals surface area (Å²) in [6.07, 6.45) is 29.4. The minimum Gasteiger partial charge on any atom is -0.400 e. The molecule has 2 nitrogen and oxygen atoms in total. The smallest absolute Gasteiger partial charge is 0.0609 e. The van der Waals surface area contributed by atoms with Crippen molar-refractivity contribution in [2.45, 2.75) is 135 Å². The van der Waals surface area contributed by atoms with Gasteiger partial charge in [0.25, 0.3) is 0 Å². The summed E-state index contributed by atoms with van der Waals surface area (Å²) >= 11 is 0. The quantitative estimate of drug-likeness (QED) is 0.432. The molecule has 6 fully saturated rings. The van der Waals surface area contributed by atoms with E-state index in [1.54, 1.807) is 38.5 Å². The third-order valence-corrected chi connectivity index (χ3v) is 12.5. The minimum absolute atomic E-state index is 0.622. The standard InChI is InChI=1S/C32H54O.CH4O/c1-2-7-22-12-14-23(15-13-22)27-20-26-17-16-24-8-3-5-10-28(24)31(26)32-29-11-6-4-9-25(29)18-19-30(32)33-21-27;1-2/h22-32H,2-21H2,1H3;2H,1H3. The first-order valence-corrected chi connectivity index (χ1v) is 16.4. The first kappa shape index (κ1) is 26.5. The number of hydrogen-bond acceptors (Lipinski definition) is 2. The van der Waals surface area contributed by atoms with Crippen LogP contribution in [0.25, 0.3) is 0 Å². The van der Waals surface area contributed by atoms with Crippen molar-refractivity contribution in [2.75, 3.05) is 13.7 Å². The molecule has 6 rings (SSSR count). The molecule has 0 aromatic carbocycles. The molecule has 1 saturated heterocycles. The van der Waals surface area contributed by atoms with Gasteiger partial charge in [0, 0.05) is 7.11 Å². The molecule has 0 amide bonds. The van der Waals surface area contributed by atoms with Crippen molar-refractivity contribution >= 4 is 0 Å². The fraction of sp³-hybridized carbons (Fsp3) is 1.00. The maximum atomic E-state index is 7.10. The lowest BCUT2D eigenvalue weighted by molar-refractivity contribution is -0.154. The zero-order chi connectivity index (χ0) is 24.2. The fourth-order valence-electron chi connectivity index (χ4n) is 11.0. The lowest BCUT2D eigenvalue weighted by atomic mass is 9.50. The number of aliphatic hydroxyl groups excluding tert-OH is 1. The van der Waals surface area contributed by atoms with Gasteiger partial charge in [-0.15, -0.1) is 0 Å². The summed E-state index contributed by atoms with van der Waals surface area (Å²) in [6, 6.07) is 0. The van der Waals surface area contributed by atoms with Gasteiger partial charge in [-0.05, 0) is 117 Å². The second-order valence-corrected chi connectivity index (χ2v) is 13.9. The van der Waals surface area contributed by atoms with Crippen LogP contribution < -0.4 is 0 Å². The van der Waals surface area contributed by atoms with Crippen LogP contribution in [0.5, 0.6) is 0 Å². The normalized spacial score (nSPS) is 47.9. The molecule has 0 aromatic heterocycles. The fourth-order valence-corrected chi connectivity index (χ4v) is 11.0. The number of hydrogen-bond donors (Lipinski definition) is 1. The topological polar surface area (TPSA) is 29.5 Å². The summed E-state index contributed by atoms with van der Waals surface area (Å²) in [5.41, 5.74) is 0. The van der Waals surface area contributed by atoms with Crippen LogP contribution in [0.2, 0.25) is 0 Å². The van der Waals surface area contributed by atoms with Crippen LogP contribution in [0.4, 0.5) is 0 Å². The summed E-state index contributed by atoms with van der Waals surface area (Å²) in [5.74, 6) is 10.1. The van der Waals surface area contributed by atoms with E-state index in [-0.39, 0.29) is 0 Å². The largest absolute Gasteiger partial charge is 0.400 e. The van der Waals surface area contributed by atoms with Crippen LogP contribution in [0, 0.1) is 59.2 Å². The van der Waals surface area contributed by atoms with E-state index in [1.165, 1.54) is 83.5 Å². The van der Waals surface area contributed by atoms with Gasteiger partial charge in [0.1, 0.15) is 0 Å². The summed E-state index contributed by atoms with van der Waals surface area (Å²) in [5, 5.41) is 7.00. The number of rotatable bonds is 3. The summed E-state index contributed by atoms with van der Waals surface area (Å²) in [7, 11) is 1.00. The molecule has 1 heterocycles. The molecule has 1 aliphatic heterocycles. The van der Waals surface area contributed by atoms with Gasteiger partial charge in [0.15, 0.2) is 0 Å². The van der Waals surface area contributed by atoms with Gasteiger partial charge in [0.05, 0.1) is 12.7 Å². The third kappa shape index (κ3) is 5.69. The van der Waals surface area contributed by atoms with Crippen molar-refractivity contribution in [3.63, 3.8) is 0 Å². The van der Waals surface area contributed by atoms with Gasteiger partial charge in [0.2, 0.25) is 0 Å². The second kappa shape index (κ2) is 12.6. The van der Waals surface area contributed by atoms with Crippen molar-refractivity contribution < 1.29 is 9.84 Å².